The van der Waals surface area contributed by atoms with Gasteiger partial charge in [0.2, 0.25) is 0 Å². The average molecular weight is 239 g/mol. The highest BCUT2D eigenvalue weighted by atomic mass is 35.5. The molecule has 0 saturated carbocycles. The van der Waals surface area contributed by atoms with Gasteiger partial charge >= 0.3 is 0 Å². The highest BCUT2D eigenvalue weighted by molar-refractivity contribution is 8.23. The molecule has 78 valence electrons. The molecule has 0 heterocycles. The fourth-order valence-electron chi connectivity index (χ4n) is 0.755. The van der Waals surface area contributed by atoms with E-state index in [1.807, 2.05) is 11.8 Å². The summed E-state index contributed by atoms with van der Waals surface area (Å²) in [5.41, 5.74) is 0.173. The lowest BCUT2D eigenvalue weighted by molar-refractivity contribution is 0.610. The van der Waals surface area contributed by atoms with E-state index in [0.717, 1.165) is 22.3 Å². The van der Waals surface area contributed by atoms with Crippen LogP contribution in [-0.4, -0.2) is 15.8 Å². The van der Waals surface area contributed by atoms with Gasteiger partial charge in [0.05, 0.1) is 4.20 Å². The molecule has 0 aliphatic heterocycles. The average Bonchev–Trinajstić information content (AvgIpc) is 2.02. The summed E-state index contributed by atoms with van der Waals surface area (Å²) in [6, 6.07) is 0. The molecule has 13 heavy (non-hydrogen) atoms. The number of hydrogen-bond acceptors (Lipinski definition) is 2. The van der Waals surface area contributed by atoms with Crippen molar-refractivity contribution in [2.75, 3.05) is 11.6 Å². The minimum atomic E-state index is 0.173. The fourth-order valence-corrected chi connectivity index (χ4v) is 2.16. The van der Waals surface area contributed by atoms with Crippen molar-refractivity contribution in [2.24, 2.45) is 5.41 Å². The van der Waals surface area contributed by atoms with Crippen LogP contribution in [0.4, 0.5) is 0 Å². The van der Waals surface area contributed by atoms with Gasteiger partial charge < -0.3 is 0 Å². The molecule has 0 aliphatic rings. The lowest BCUT2D eigenvalue weighted by Crippen LogP contribution is -2.14. The summed E-state index contributed by atoms with van der Waals surface area (Å²) in [7, 11) is 0. The van der Waals surface area contributed by atoms with Gasteiger partial charge in [-0.15, -0.1) is 23.4 Å². The summed E-state index contributed by atoms with van der Waals surface area (Å²) in [6.07, 6.45) is 3.58. The van der Waals surface area contributed by atoms with Crippen molar-refractivity contribution >= 4 is 39.8 Å². The van der Waals surface area contributed by atoms with Crippen LogP contribution in [0.3, 0.4) is 0 Å². The van der Waals surface area contributed by atoms with Gasteiger partial charge in [-0.1, -0.05) is 39.4 Å². The van der Waals surface area contributed by atoms with Crippen LogP contribution in [-0.2, 0) is 0 Å². The zero-order chi connectivity index (χ0) is 10.3. The Morgan fingerprint density at radius 3 is 2.31 bits per heavy atom. The third kappa shape index (κ3) is 7.77. The predicted molar refractivity (Wildman–Crippen MR) is 69.1 cm³/mol. The Morgan fingerprint density at radius 1 is 1.23 bits per heavy atom. The molecule has 0 N–H and O–H groups in total. The summed E-state index contributed by atoms with van der Waals surface area (Å²) in [5, 5.41) is 0. The molecule has 0 amide bonds. The van der Waals surface area contributed by atoms with Crippen molar-refractivity contribution in [2.45, 2.75) is 40.0 Å². The quantitative estimate of drug-likeness (QED) is 0.393. The first-order valence-corrected chi connectivity index (χ1v) is 6.64. The van der Waals surface area contributed by atoms with Crippen LogP contribution >= 0.6 is 35.6 Å². The van der Waals surface area contributed by atoms with Gasteiger partial charge in [0, 0.05) is 11.3 Å². The molecule has 0 nitrogen and oxygen atoms in total. The maximum absolute atomic E-state index is 5.58. The second kappa shape index (κ2) is 7.08. The van der Waals surface area contributed by atoms with E-state index in [0.29, 0.717) is 0 Å². The maximum atomic E-state index is 5.58. The molecule has 0 fully saturated rings. The largest absolute Gasteiger partial charge is 0.127 e. The minimum absolute atomic E-state index is 0.173. The van der Waals surface area contributed by atoms with Gasteiger partial charge in [-0.05, 0) is 18.6 Å². The SMILES string of the molecule is CC(C)(C)C(=S)SCCCCCCl. The van der Waals surface area contributed by atoms with Crippen LogP contribution in [0.1, 0.15) is 40.0 Å². The van der Waals surface area contributed by atoms with Gasteiger partial charge in [-0.3, -0.25) is 0 Å². The van der Waals surface area contributed by atoms with E-state index in [-0.39, 0.29) is 5.41 Å². The number of alkyl halides is 1. The monoisotopic (exact) mass is 238 g/mol. The van der Waals surface area contributed by atoms with Gasteiger partial charge in [0.25, 0.3) is 0 Å². The molecule has 3 heteroatoms. The van der Waals surface area contributed by atoms with Crippen molar-refractivity contribution in [1.82, 2.24) is 0 Å². The molecule has 0 aromatic rings. The number of halogens is 1. The van der Waals surface area contributed by atoms with E-state index in [9.17, 15) is 0 Å². The number of unbranched alkanes of at least 4 members (excludes halogenated alkanes) is 2. The standard InChI is InChI=1S/C10H19ClS2/c1-10(2,3)9(12)13-8-6-4-5-7-11/h4-8H2,1-3H3. The first-order valence-electron chi connectivity index (χ1n) is 4.71. The van der Waals surface area contributed by atoms with Gasteiger partial charge in [-0.25, -0.2) is 0 Å². The highest BCUT2D eigenvalue weighted by Crippen LogP contribution is 2.25. The van der Waals surface area contributed by atoms with E-state index in [4.69, 9.17) is 23.8 Å². The van der Waals surface area contributed by atoms with Gasteiger partial charge in [0.15, 0.2) is 0 Å². The molecular weight excluding hydrogens is 220 g/mol. The van der Waals surface area contributed by atoms with E-state index in [1.54, 1.807) is 0 Å². The first-order chi connectivity index (χ1) is 5.98. The lowest BCUT2D eigenvalue weighted by Gasteiger charge is -2.18. The lowest BCUT2D eigenvalue weighted by atomic mass is 10.0. The van der Waals surface area contributed by atoms with Crippen molar-refractivity contribution < 1.29 is 0 Å². The second-order valence-electron chi connectivity index (χ2n) is 4.14. The van der Waals surface area contributed by atoms with Crippen molar-refractivity contribution in [3.63, 3.8) is 0 Å². The van der Waals surface area contributed by atoms with Crippen LogP contribution < -0.4 is 0 Å². The summed E-state index contributed by atoms with van der Waals surface area (Å²) in [6.45, 7) is 6.50. The zero-order valence-electron chi connectivity index (χ0n) is 8.73. The molecule has 0 saturated heterocycles. The molecule has 0 aromatic carbocycles. The van der Waals surface area contributed by atoms with Crippen LogP contribution in [0.15, 0.2) is 0 Å². The number of thioether (sulfide) groups is 1. The minimum Gasteiger partial charge on any atom is -0.127 e. The Hall–Kier alpha value is 0.730. The smallest absolute Gasteiger partial charge is 0.0532 e. The summed E-state index contributed by atoms with van der Waals surface area (Å²) < 4.78 is 1.12. The molecule has 0 aromatic heterocycles. The third-order valence-electron chi connectivity index (χ3n) is 1.62. The van der Waals surface area contributed by atoms with Crippen molar-refractivity contribution in [1.29, 1.82) is 0 Å². The molecule has 0 spiro atoms. The topological polar surface area (TPSA) is 0 Å². The van der Waals surface area contributed by atoms with Crippen LogP contribution in [0.2, 0.25) is 0 Å². The molecule has 0 unspecified atom stereocenters. The van der Waals surface area contributed by atoms with Crippen molar-refractivity contribution in [3.8, 4) is 0 Å². The van der Waals surface area contributed by atoms with E-state index in [1.165, 1.54) is 12.8 Å². The molecule has 0 aliphatic carbocycles. The Balaban J connectivity index is 3.38. The maximum Gasteiger partial charge on any atom is 0.0532 e. The Morgan fingerprint density at radius 2 is 1.85 bits per heavy atom. The molecule has 0 radical (unpaired) electrons. The van der Waals surface area contributed by atoms with Gasteiger partial charge in [-0.2, -0.15) is 0 Å². The van der Waals surface area contributed by atoms with E-state index in [2.05, 4.69) is 20.8 Å². The van der Waals surface area contributed by atoms with Crippen molar-refractivity contribution in [3.05, 3.63) is 0 Å². The number of hydrogen-bond donors (Lipinski definition) is 0. The predicted octanol–water partition coefficient (Wildman–Crippen LogP) is 4.50. The Bertz CT molecular complexity index is 149. The summed E-state index contributed by atoms with van der Waals surface area (Å²) in [5.74, 6) is 1.93. The molecule has 0 atom stereocenters. The van der Waals surface area contributed by atoms with Gasteiger partial charge in [0.1, 0.15) is 0 Å². The normalized spacial score (nSPS) is 11.7. The van der Waals surface area contributed by atoms with E-state index < -0.39 is 0 Å². The number of rotatable bonds is 5. The third-order valence-corrected chi connectivity index (χ3v) is 4.22. The first kappa shape index (κ1) is 13.7. The summed E-state index contributed by atoms with van der Waals surface area (Å²) >= 11 is 12.7. The number of thiocarbonyl (C=S) groups is 1. The summed E-state index contributed by atoms with van der Waals surface area (Å²) in [4.78, 5) is 0. The second-order valence-corrected chi connectivity index (χ2v) is 6.29. The van der Waals surface area contributed by atoms with E-state index >= 15 is 0 Å². The van der Waals surface area contributed by atoms with Crippen LogP contribution in [0.5, 0.6) is 0 Å². The fraction of sp³-hybridized carbons (Fsp3) is 0.900. The molecule has 0 rings (SSSR count). The Kier molecular flexibility index (Phi) is 7.48. The Labute approximate surface area is 96.8 Å². The molecule has 0 bridgehead atoms. The zero-order valence-corrected chi connectivity index (χ0v) is 11.1. The highest BCUT2D eigenvalue weighted by Gasteiger charge is 2.16. The molecular formula is C10H19ClS2. The van der Waals surface area contributed by atoms with Crippen LogP contribution in [0.25, 0.3) is 0 Å². The van der Waals surface area contributed by atoms with Crippen LogP contribution in [0, 0.1) is 5.41 Å².